The van der Waals surface area contributed by atoms with Crippen molar-refractivity contribution >= 4 is 0 Å². The minimum atomic E-state index is 0.906. The summed E-state index contributed by atoms with van der Waals surface area (Å²) in [5.74, 6) is 0.943. The SMILES string of the molecule is CCC1CCCN1C1CCC(CNC)C1. The molecule has 1 N–H and O–H groups in total. The molecule has 1 saturated carbocycles. The van der Waals surface area contributed by atoms with E-state index in [1.807, 2.05) is 0 Å². The van der Waals surface area contributed by atoms with E-state index in [4.69, 9.17) is 0 Å². The third-order valence-electron chi connectivity index (χ3n) is 4.37. The van der Waals surface area contributed by atoms with Gasteiger partial charge in [-0.25, -0.2) is 0 Å². The van der Waals surface area contributed by atoms with Gasteiger partial charge in [-0.05, 0) is 64.6 Å². The van der Waals surface area contributed by atoms with Gasteiger partial charge in [-0.15, -0.1) is 0 Å². The van der Waals surface area contributed by atoms with E-state index < -0.39 is 0 Å². The second kappa shape index (κ2) is 5.31. The van der Waals surface area contributed by atoms with Crippen molar-refractivity contribution in [2.24, 2.45) is 5.92 Å². The van der Waals surface area contributed by atoms with Gasteiger partial charge in [0, 0.05) is 12.1 Å². The second-order valence-corrected chi connectivity index (χ2v) is 5.33. The van der Waals surface area contributed by atoms with E-state index in [0.29, 0.717) is 0 Å². The van der Waals surface area contributed by atoms with Crippen LogP contribution in [0.15, 0.2) is 0 Å². The number of rotatable bonds is 4. The first-order valence-corrected chi connectivity index (χ1v) is 6.75. The molecule has 1 aliphatic carbocycles. The van der Waals surface area contributed by atoms with Crippen molar-refractivity contribution in [1.29, 1.82) is 0 Å². The fourth-order valence-corrected chi connectivity index (χ4v) is 3.60. The van der Waals surface area contributed by atoms with Crippen LogP contribution in [0.4, 0.5) is 0 Å². The lowest BCUT2D eigenvalue weighted by molar-refractivity contribution is 0.174. The minimum Gasteiger partial charge on any atom is -0.319 e. The molecule has 2 aliphatic rings. The summed E-state index contributed by atoms with van der Waals surface area (Å²) >= 11 is 0. The van der Waals surface area contributed by atoms with Crippen LogP contribution in [0, 0.1) is 5.92 Å². The summed E-state index contributed by atoms with van der Waals surface area (Å²) in [7, 11) is 2.08. The maximum absolute atomic E-state index is 3.33. The number of hydrogen-bond donors (Lipinski definition) is 1. The van der Waals surface area contributed by atoms with Crippen molar-refractivity contribution in [2.75, 3.05) is 20.1 Å². The van der Waals surface area contributed by atoms with Gasteiger partial charge in [0.05, 0.1) is 0 Å². The van der Waals surface area contributed by atoms with Crippen LogP contribution in [0.3, 0.4) is 0 Å². The van der Waals surface area contributed by atoms with E-state index in [-0.39, 0.29) is 0 Å². The average molecular weight is 210 g/mol. The van der Waals surface area contributed by atoms with Crippen LogP contribution in [0.2, 0.25) is 0 Å². The van der Waals surface area contributed by atoms with Crippen LogP contribution >= 0.6 is 0 Å². The fourth-order valence-electron chi connectivity index (χ4n) is 3.60. The Morgan fingerprint density at radius 3 is 2.87 bits per heavy atom. The molecule has 0 aromatic carbocycles. The maximum Gasteiger partial charge on any atom is 0.0101 e. The van der Waals surface area contributed by atoms with Gasteiger partial charge in [-0.2, -0.15) is 0 Å². The van der Waals surface area contributed by atoms with Crippen LogP contribution in [-0.2, 0) is 0 Å². The van der Waals surface area contributed by atoms with Crippen molar-refractivity contribution in [2.45, 2.75) is 57.5 Å². The van der Waals surface area contributed by atoms with Crippen molar-refractivity contribution in [3.63, 3.8) is 0 Å². The Morgan fingerprint density at radius 1 is 1.27 bits per heavy atom. The highest BCUT2D eigenvalue weighted by atomic mass is 15.2. The highest BCUT2D eigenvalue weighted by molar-refractivity contribution is 4.89. The van der Waals surface area contributed by atoms with Gasteiger partial charge in [-0.1, -0.05) is 6.92 Å². The molecule has 0 aromatic rings. The summed E-state index contributed by atoms with van der Waals surface area (Å²) in [6.45, 7) is 4.94. The largest absolute Gasteiger partial charge is 0.319 e. The third-order valence-corrected chi connectivity index (χ3v) is 4.37. The molecule has 3 unspecified atom stereocenters. The molecule has 1 heterocycles. The molecule has 2 nitrogen and oxygen atoms in total. The maximum atomic E-state index is 3.33. The van der Waals surface area contributed by atoms with Crippen LogP contribution in [0.25, 0.3) is 0 Å². The smallest absolute Gasteiger partial charge is 0.0101 e. The molecule has 0 spiro atoms. The van der Waals surface area contributed by atoms with Crippen molar-refractivity contribution in [3.05, 3.63) is 0 Å². The van der Waals surface area contributed by atoms with E-state index in [2.05, 4.69) is 24.2 Å². The normalized spacial score (nSPS) is 37.6. The number of hydrogen-bond acceptors (Lipinski definition) is 2. The van der Waals surface area contributed by atoms with Crippen LogP contribution in [0.1, 0.15) is 45.4 Å². The predicted molar refractivity (Wildman–Crippen MR) is 65.1 cm³/mol. The van der Waals surface area contributed by atoms with Gasteiger partial charge < -0.3 is 5.32 Å². The Labute approximate surface area is 94.4 Å². The fraction of sp³-hybridized carbons (Fsp3) is 1.00. The number of nitrogens with zero attached hydrogens (tertiary/aromatic N) is 1. The molecule has 0 amide bonds. The van der Waals surface area contributed by atoms with Gasteiger partial charge in [0.1, 0.15) is 0 Å². The van der Waals surface area contributed by atoms with Crippen molar-refractivity contribution < 1.29 is 0 Å². The molecule has 2 heteroatoms. The first kappa shape index (κ1) is 11.4. The Balaban J connectivity index is 1.84. The van der Waals surface area contributed by atoms with E-state index >= 15 is 0 Å². The second-order valence-electron chi connectivity index (χ2n) is 5.33. The summed E-state index contributed by atoms with van der Waals surface area (Å²) in [6.07, 6.45) is 8.57. The van der Waals surface area contributed by atoms with E-state index in [9.17, 15) is 0 Å². The molecule has 88 valence electrons. The molecule has 2 rings (SSSR count). The molecule has 1 aliphatic heterocycles. The summed E-state index contributed by atoms with van der Waals surface area (Å²) in [4.78, 5) is 2.82. The molecular weight excluding hydrogens is 184 g/mol. The Bertz CT molecular complexity index is 193. The van der Waals surface area contributed by atoms with Gasteiger partial charge >= 0.3 is 0 Å². The zero-order valence-electron chi connectivity index (χ0n) is 10.3. The van der Waals surface area contributed by atoms with Gasteiger partial charge in [0.15, 0.2) is 0 Å². The quantitative estimate of drug-likeness (QED) is 0.765. The van der Waals surface area contributed by atoms with Gasteiger partial charge in [0.2, 0.25) is 0 Å². The van der Waals surface area contributed by atoms with E-state index in [1.54, 1.807) is 0 Å². The Kier molecular flexibility index (Phi) is 4.04. The Hall–Kier alpha value is -0.0800. The number of likely N-dealkylation sites (tertiary alicyclic amines) is 1. The monoisotopic (exact) mass is 210 g/mol. The molecule has 1 saturated heterocycles. The van der Waals surface area contributed by atoms with E-state index in [0.717, 1.165) is 18.0 Å². The van der Waals surface area contributed by atoms with Crippen molar-refractivity contribution in [1.82, 2.24) is 10.2 Å². The third kappa shape index (κ3) is 2.54. The minimum absolute atomic E-state index is 0.906. The topological polar surface area (TPSA) is 15.3 Å². The predicted octanol–water partition coefficient (Wildman–Crippen LogP) is 2.25. The van der Waals surface area contributed by atoms with Crippen LogP contribution in [-0.4, -0.2) is 37.1 Å². The number of nitrogens with one attached hydrogen (secondary N) is 1. The zero-order chi connectivity index (χ0) is 10.7. The van der Waals surface area contributed by atoms with Gasteiger partial charge in [0.25, 0.3) is 0 Å². The average Bonchev–Trinajstić information content (AvgIpc) is 2.84. The lowest BCUT2D eigenvalue weighted by Gasteiger charge is -2.30. The lowest BCUT2D eigenvalue weighted by Crippen LogP contribution is -2.37. The first-order chi connectivity index (χ1) is 7.35. The van der Waals surface area contributed by atoms with E-state index in [1.165, 1.54) is 51.6 Å². The van der Waals surface area contributed by atoms with Crippen LogP contribution in [0.5, 0.6) is 0 Å². The lowest BCUT2D eigenvalue weighted by atomic mass is 10.1. The standard InChI is InChI=1S/C13H26N2/c1-3-12-5-4-8-15(12)13-7-6-11(9-13)10-14-2/h11-14H,3-10H2,1-2H3. The van der Waals surface area contributed by atoms with Crippen molar-refractivity contribution in [3.8, 4) is 0 Å². The molecule has 0 aromatic heterocycles. The summed E-state index contributed by atoms with van der Waals surface area (Å²) in [6, 6.07) is 1.82. The molecule has 0 radical (unpaired) electrons. The summed E-state index contributed by atoms with van der Waals surface area (Å²) < 4.78 is 0. The summed E-state index contributed by atoms with van der Waals surface area (Å²) in [5.41, 5.74) is 0. The highest BCUT2D eigenvalue weighted by Crippen LogP contribution is 2.34. The van der Waals surface area contributed by atoms with Crippen LogP contribution < -0.4 is 5.32 Å². The molecule has 3 atom stereocenters. The Morgan fingerprint density at radius 2 is 2.13 bits per heavy atom. The van der Waals surface area contributed by atoms with Gasteiger partial charge in [-0.3, -0.25) is 4.90 Å². The first-order valence-electron chi connectivity index (χ1n) is 6.75. The molecule has 15 heavy (non-hydrogen) atoms. The molecule has 0 bridgehead atoms. The summed E-state index contributed by atoms with van der Waals surface area (Å²) in [5, 5.41) is 3.33. The zero-order valence-corrected chi connectivity index (χ0v) is 10.3. The highest BCUT2D eigenvalue weighted by Gasteiger charge is 2.34. The molecular formula is C13H26N2. The molecule has 2 fully saturated rings.